The van der Waals surface area contributed by atoms with Crippen molar-refractivity contribution in [2.75, 3.05) is 0 Å². The number of hydrogen-bond acceptors (Lipinski definition) is 3. The standard InChI is InChI=1S/C16H13FN2O3.K/c1-2-18-9-11(16(21)22)15(20)10-7-12(17)14(8-13(10)18)19-5-3-4-6-19;/h3-9H,2H2,1H3,(H,21,22);/q;+1/p-1. The number of fused-ring (bicyclic) bond motifs is 1. The van der Waals surface area contributed by atoms with Gasteiger partial charge in [-0.1, -0.05) is 0 Å². The minimum Gasteiger partial charge on any atom is -0.545 e. The zero-order valence-electron chi connectivity index (χ0n) is 12.7. The van der Waals surface area contributed by atoms with Gasteiger partial charge in [-0.3, -0.25) is 4.79 Å². The summed E-state index contributed by atoms with van der Waals surface area (Å²) in [7, 11) is 0. The summed E-state index contributed by atoms with van der Waals surface area (Å²) in [5.74, 6) is -2.16. The van der Waals surface area contributed by atoms with E-state index in [1.807, 2.05) is 6.92 Å². The number of aryl methyl sites for hydroxylation is 1. The molecule has 2 heterocycles. The monoisotopic (exact) mass is 338 g/mol. The Balaban J connectivity index is 0.00000192. The van der Waals surface area contributed by atoms with Crippen molar-refractivity contribution in [2.45, 2.75) is 13.5 Å². The van der Waals surface area contributed by atoms with E-state index in [0.717, 1.165) is 6.07 Å². The summed E-state index contributed by atoms with van der Waals surface area (Å²) < 4.78 is 17.5. The summed E-state index contributed by atoms with van der Waals surface area (Å²) in [5, 5.41) is 11.1. The fraction of sp³-hybridized carbons (Fsp3) is 0.125. The maximum absolute atomic E-state index is 14.3. The van der Waals surface area contributed by atoms with Crippen LogP contribution in [0.25, 0.3) is 16.6 Å². The first kappa shape index (κ1) is 18.1. The number of hydrogen-bond donors (Lipinski definition) is 0. The van der Waals surface area contributed by atoms with Gasteiger partial charge in [0.1, 0.15) is 5.82 Å². The number of nitrogens with zero attached hydrogens (tertiary/aromatic N) is 2. The molecule has 0 aliphatic carbocycles. The fourth-order valence-electron chi connectivity index (χ4n) is 2.50. The van der Waals surface area contributed by atoms with Gasteiger partial charge in [0.15, 0.2) is 5.43 Å². The Labute approximate surface area is 173 Å². The third-order valence-electron chi connectivity index (χ3n) is 3.59. The average Bonchev–Trinajstić information content (AvgIpc) is 3.01. The molecule has 1 aromatic carbocycles. The maximum atomic E-state index is 14.3. The van der Waals surface area contributed by atoms with Crippen LogP contribution in [0.4, 0.5) is 4.39 Å². The first-order valence-electron chi connectivity index (χ1n) is 6.74. The molecular formula is C16H12FKN2O3. The van der Waals surface area contributed by atoms with Crippen LogP contribution in [0.5, 0.6) is 0 Å². The van der Waals surface area contributed by atoms with E-state index in [1.165, 1.54) is 12.3 Å². The average molecular weight is 338 g/mol. The molecule has 0 spiro atoms. The predicted octanol–water partition coefficient (Wildman–Crippen LogP) is -1.68. The van der Waals surface area contributed by atoms with Gasteiger partial charge in [0.05, 0.1) is 22.7 Å². The summed E-state index contributed by atoms with van der Waals surface area (Å²) in [4.78, 5) is 23.2. The molecule has 0 unspecified atom stereocenters. The normalized spacial score (nSPS) is 10.5. The topological polar surface area (TPSA) is 67.1 Å². The fourth-order valence-corrected chi connectivity index (χ4v) is 2.50. The number of carbonyl (C=O) groups excluding carboxylic acids is 1. The molecule has 0 saturated heterocycles. The molecule has 3 rings (SSSR count). The molecule has 0 aliphatic heterocycles. The Hall–Kier alpha value is -1.25. The molecule has 0 amide bonds. The molecular weight excluding hydrogens is 326 g/mol. The van der Waals surface area contributed by atoms with Crippen molar-refractivity contribution >= 4 is 16.9 Å². The first-order valence-corrected chi connectivity index (χ1v) is 6.74. The molecule has 0 radical (unpaired) electrons. The molecule has 3 aromatic rings. The summed E-state index contributed by atoms with van der Waals surface area (Å²) in [6, 6.07) is 6.13. The summed E-state index contributed by atoms with van der Waals surface area (Å²) in [5.41, 5.74) is -0.442. The second-order valence-corrected chi connectivity index (χ2v) is 4.86. The van der Waals surface area contributed by atoms with Crippen LogP contribution >= 0.6 is 0 Å². The van der Waals surface area contributed by atoms with E-state index in [4.69, 9.17) is 0 Å². The predicted molar refractivity (Wildman–Crippen MR) is 77.5 cm³/mol. The number of aromatic nitrogens is 2. The van der Waals surface area contributed by atoms with E-state index in [2.05, 4.69) is 0 Å². The number of carboxylic acids is 1. The number of benzene rings is 1. The zero-order chi connectivity index (χ0) is 15.9. The number of carbonyl (C=O) groups is 1. The Kier molecular flexibility index (Phi) is 5.59. The third kappa shape index (κ3) is 3.20. The van der Waals surface area contributed by atoms with Gasteiger partial charge in [-0.05, 0) is 31.2 Å². The Morgan fingerprint density at radius 1 is 1.26 bits per heavy atom. The molecule has 5 nitrogen and oxygen atoms in total. The van der Waals surface area contributed by atoms with E-state index in [0.29, 0.717) is 17.7 Å². The van der Waals surface area contributed by atoms with E-state index in [-0.39, 0.29) is 56.8 Å². The SMILES string of the molecule is CCn1cc(C(=O)[O-])c(=O)c2cc(F)c(-n3cccc3)cc21.[K+]. The van der Waals surface area contributed by atoms with Crippen LogP contribution in [0.3, 0.4) is 0 Å². The molecule has 0 bridgehead atoms. The van der Waals surface area contributed by atoms with Crippen molar-refractivity contribution in [1.82, 2.24) is 9.13 Å². The molecule has 0 fully saturated rings. The van der Waals surface area contributed by atoms with Gasteiger partial charge in [0.25, 0.3) is 0 Å². The van der Waals surface area contributed by atoms with Crippen molar-refractivity contribution in [3.05, 3.63) is 64.5 Å². The second-order valence-electron chi connectivity index (χ2n) is 4.86. The van der Waals surface area contributed by atoms with Gasteiger partial charge in [0.2, 0.25) is 0 Å². The number of carboxylic acid groups (broad SMARTS) is 1. The van der Waals surface area contributed by atoms with Crippen LogP contribution < -0.4 is 61.9 Å². The molecule has 112 valence electrons. The molecule has 0 saturated carbocycles. The van der Waals surface area contributed by atoms with Crippen molar-refractivity contribution in [2.24, 2.45) is 0 Å². The van der Waals surface area contributed by atoms with Crippen molar-refractivity contribution < 1.29 is 65.7 Å². The molecule has 2 aromatic heterocycles. The van der Waals surface area contributed by atoms with Gasteiger partial charge < -0.3 is 19.0 Å². The minimum atomic E-state index is -1.57. The van der Waals surface area contributed by atoms with Gasteiger partial charge in [-0.15, -0.1) is 0 Å². The summed E-state index contributed by atoms with van der Waals surface area (Å²) in [6.45, 7) is 2.25. The second kappa shape index (κ2) is 7.10. The smallest absolute Gasteiger partial charge is 0.545 e. The quantitative estimate of drug-likeness (QED) is 0.536. The van der Waals surface area contributed by atoms with Crippen LogP contribution in [0.1, 0.15) is 17.3 Å². The molecule has 0 atom stereocenters. The number of aromatic carboxylic acids is 1. The van der Waals surface area contributed by atoms with Gasteiger partial charge in [-0.25, -0.2) is 4.39 Å². The maximum Gasteiger partial charge on any atom is 1.00 e. The van der Waals surface area contributed by atoms with E-state index in [1.54, 1.807) is 33.7 Å². The van der Waals surface area contributed by atoms with E-state index < -0.39 is 22.8 Å². The molecule has 7 heteroatoms. The first-order chi connectivity index (χ1) is 10.5. The van der Waals surface area contributed by atoms with Crippen molar-refractivity contribution in [3.63, 3.8) is 0 Å². The molecule has 0 aliphatic rings. The number of rotatable bonds is 3. The Morgan fingerprint density at radius 3 is 2.48 bits per heavy atom. The van der Waals surface area contributed by atoms with E-state index >= 15 is 0 Å². The zero-order valence-corrected chi connectivity index (χ0v) is 15.9. The van der Waals surface area contributed by atoms with Gasteiger partial charge >= 0.3 is 51.4 Å². The largest absolute Gasteiger partial charge is 1.00 e. The Bertz CT molecular complexity index is 933. The third-order valence-corrected chi connectivity index (χ3v) is 3.59. The number of pyridine rings is 1. The van der Waals surface area contributed by atoms with Crippen molar-refractivity contribution in [3.8, 4) is 5.69 Å². The van der Waals surface area contributed by atoms with Crippen LogP contribution in [0.2, 0.25) is 0 Å². The van der Waals surface area contributed by atoms with Crippen LogP contribution in [-0.4, -0.2) is 15.1 Å². The minimum absolute atomic E-state index is 0. The molecule has 0 N–H and O–H groups in total. The molecule has 23 heavy (non-hydrogen) atoms. The Morgan fingerprint density at radius 2 is 1.91 bits per heavy atom. The van der Waals surface area contributed by atoms with E-state index in [9.17, 15) is 19.1 Å². The summed E-state index contributed by atoms with van der Waals surface area (Å²) >= 11 is 0. The van der Waals surface area contributed by atoms with Gasteiger partial charge in [0, 0.05) is 30.5 Å². The van der Waals surface area contributed by atoms with Crippen LogP contribution in [0.15, 0.2) is 47.7 Å². The summed E-state index contributed by atoms with van der Waals surface area (Å²) in [6.07, 6.45) is 4.61. The van der Waals surface area contributed by atoms with Crippen LogP contribution in [-0.2, 0) is 6.54 Å². The van der Waals surface area contributed by atoms with Gasteiger partial charge in [-0.2, -0.15) is 0 Å². The number of halogens is 1. The van der Waals surface area contributed by atoms with Crippen LogP contribution in [0, 0.1) is 5.82 Å². The van der Waals surface area contributed by atoms with Crippen molar-refractivity contribution in [1.29, 1.82) is 0 Å².